The van der Waals surface area contributed by atoms with Crippen molar-refractivity contribution in [1.29, 1.82) is 0 Å². The number of aromatic nitrogens is 3. The lowest BCUT2D eigenvalue weighted by atomic mass is 10.3. The maximum Gasteiger partial charge on any atom is 0.365 e. The number of nitrogens with zero attached hydrogens (tertiary/aromatic N) is 3. The molecule has 20 heavy (non-hydrogen) atoms. The molecule has 0 fully saturated rings. The van der Waals surface area contributed by atoms with Crippen LogP contribution in [-0.4, -0.2) is 20.7 Å². The number of hydrogen-bond acceptors (Lipinski definition) is 4. The van der Waals surface area contributed by atoms with Crippen molar-refractivity contribution in [2.24, 2.45) is 0 Å². The quantitative estimate of drug-likeness (QED) is 0.773. The number of carbonyl (C=O) groups is 1. The van der Waals surface area contributed by atoms with Gasteiger partial charge in [0.05, 0.1) is 5.69 Å². The van der Waals surface area contributed by atoms with Crippen LogP contribution in [0.5, 0.6) is 0 Å². The summed E-state index contributed by atoms with van der Waals surface area (Å²) >= 11 is 0. The first kappa shape index (κ1) is 13.2. The van der Waals surface area contributed by atoms with Crippen molar-refractivity contribution in [3.63, 3.8) is 0 Å². The second kappa shape index (κ2) is 5.19. The minimum absolute atomic E-state index is 0.259. The maximum absolute atomic E-state index is 11.7. The largest absolute Gasteiger partial charge is 0.365 e. The molecular formula is C12H9N5O3. The molecule has 0 atom stereocenters. The van der Waals surface area contributed by atoms with Crippen molar-refractivity contribution in [3.05, 3.63) is 56.5 Å². The van der Waals surface area contributed by atoms with Gasteiger partial charge < -0.3 is 10.2 Å². The molecule has 1 aromatic heterocycles. The van der Waals surface area contributed by atoms with Crippen LogP contribution in [0.25, 0.3) is 10.5 Å². The summed E-state index contributed by atoms with van der Waals surface area (Å²) in [5, 5.41) is 6.23. The van der Waals surface area contributed by atoms with Gasteiger partial charge in [0.1, 0.15) is 0 Å². The first-order valence-electron chi connectivity index (χ1n) is 5.50. The lowest BCUT2D eigenvalue weighted by molar-refractivity contribution is -0.114. The third kappa shape index (κ3) is 2.62. The van der Waals surface area contributed by atoms with Crippen LogP contribution >= 0.6 is 0 Å². The van der Waals surface area contributed by atoms with Gasteiger partial charge >= 0.3 is 11.5 Å². The summed E-state index contributed by atoms with van der Waals surface area (Å²) in [6, 6.07) is 6.31. The van der Waals surface area contributed by atoms with Crippen molar-refractivity contribution < 1.29 is 4.79 Å². The van der Waals surface area contributed by atoms with Crippen LogP contribution in [0.2, 0.25) is 0 Å². The predicted octanol–water partition coefficient (Wildman–Crippen LogP) is 0.430. The Labute approximate surface area is 112 Å². The highest BCUT2D eigenvalue weighted by atomic mass is 16.2. The second-order valence-electron chi connectivity index (χ2n) is 3.84. The van der Waals surface area contributed by atoms with E-state index in [9.17, 15) is 14.4 Å². The summed E-state index contributed by atoms with van der Waals surface area (Å²) in [5.74, 6) is -0.694. The molecule has 2 N–H and O–H groups in total. The van der Waals surface area contributed by atoms with E-state index in [1.807, 2.05) is 4.98 Å². The summed E-state index contributed by atoms with van der Waals surface area (Å²) in [4.78, 5) is 38.9. The maximum atomic E-state index is 11.7. The first-order valence-corrected chi connectivity index (χ1v) is 5.50. The van der Waals surface area contributed by atoms with E-state index in [-0.39, 0.29) is 5.91 Å². The zero-order valence-electron chi connectivity index (χ0n) is 10.4. The molecule has 0 spiro atoms. The van der Waals surface area contributed by atoms with Crippen LogP contribution in [0.4, 0.5) is 11.5 Å². The van der Waals surface area contributed by atoms with Crippen LogP contribution in [-0.2, 0) is 4.79 Å². The second-order valence-corrected chi connectivity index (χ2v) is 3.84. The number of amides is 1. The molecule has 2 rings (SSSR count). The molecule has 2 aromatic rings. The van der Waals surface area contributed by atoms with E-state index in [2.05, 4.69) is 15.3 Å². The van der Waals surface area contributed by atoms with Gasteiger partial charge in [0, 0.05) is 12.6 Å². The molecule has 1 amide bonds. The van der Waals surface area contributed by atoms with Gasteiger partial charge in [-0.25, -0.2) is 4.79 Å². The minimum atomic E-state index is -0.834. The summed E-state index contributed by atoms with van der Waals surface area (Å²) in [6.45, 7) is 8.17. The van der Waals surface area contributed by atoms with Crippen molar-refractivity contribution in [3.8, 4) is 5.69 Å². The van der Waals surface area contributed by atoms with E-state index in [0.717, 1.165) is 4.68 Å². The Kier molecular flexibility index (Phi) is 3.43. The van der Waals surface area contributed by atoms with Crippen LogP contribution < -0.4 is 16.6 Å². The molecule has 0 saturated heterocycles. The Morgan fingerprint density at radius 1 is 1.45 bits per heavy atom. The van der Waals surface area contributed by atoms with E-state index < -0.39 is 17.1 Å². The average molecular weight is 271 g/mol. The minimum Gasteiger partial charge on any atom is -0.354 e. The van der Waals surface area contributed by atoms with Gasteiger partial charge in [0.15, 0.2) is 0 Å². The zero-order valence-corrected chi connectivity index (χ0v) is 10.4. The van der Waals surface area contributed by atoms with Crippen LogP contribution in [0.1, 0.15) is 6.92 Å². The predicted molar refractivity (Wildman–Crippen MR) is 71.0 cm³/mol. The number of rotatable bonds is 2. The molecule has 8 heteroatoms. The van der Waals surface area contributed by atoms with Crippen LogP contribution in [0.15, 0.2) is 33.9 Å². The lowest BCUT2D eigenvalue weighted by Gasteiger charge is -2.04. The molecule has 0 bridgehead atoms. The first-order chi connectivity index (χ1) is 9.51. The molecule has 0 saturated carbocycles. The SMILES string of the molecule is [C-]#[N+]c1nn(-c2cccc(NC(C)=O)c2)c(=O)[nH]c1=O. The van der Waals surface area contributed by atoms with Crippen molar-refractivity contribution in [2.75, 3.05) is 5.32 Å². The number of carbonyl (C=O) groups excluding carboxylic acids is 1. The molecule has 0 aliphatic carbocycles. The molecule has 0 radical (unpaired) electrons. The van der Waals surface area contributed by atoms with Gasteiger partial charge in [-0.15, -0.1) is 4.68 Å². The number of aromatic amines is 1. The molecule has 8 nitrogen and oxygen atoms in total. The summed E-state index contributed by atoms with van der Waals surface area (Å²) in [7, 11) is 0. The van der Waals surface area contributed by atoms with Gasteiger partial charge in [0.25, 0.3) is 5.56 Å². The number of hydrogen-bond donors (Lipinski definition) is 2. The van der Waals surface area contributed by atoms with Crippen molar-refractivity contribution >= 4 is 17.4 Å². The smallest absolute Gasteiger partial charge is 0.354 e. The summed E-state index contributed by atoms with van der Waals surface area (Å²) in [5.41, 5.74) is -0.802. The highest BCUT2D eigenvalue weighted by molar-refractivity contribution is 5.88. The van der Waals surface area contributed by atoms with Gasteiger partial charge in [-0.1, -0.05) is 12.6 Å². The molecular weight excluding hydrogens is 262 g/mol. The number of nitrogens with one attached hydrogen (secondary N) is 2. The number of anilines is 1. The highest BCUT2D eigenvalue weighted by Gasteiger charge is 2.11. The Morgan fingerprint density at radius 3 is 2.85 bits per heavy atom. The van der Waals surface area contributed by atoms with Gasteiger partial charge in [-0.05, 0) is 23.3 Å². The van der Waals surface area contributed by atoms with Gasteiger partial charge in [0.2, 0.25) is 5.91 Å². The third-order valence-electron chi connectivity index (χ3n) is 2.33. The van der Waals surface area contributed by atoms with Crippen LogP contribution in [0.3, 0.4) is 0 Å². The number of benzene rings is 1. The topological polar surface area (TPSA) is 101 Å². The molecule has 1 aromatic carbocycles. The Morgan fingerprint density at radius 2 is 2.20 bits per heavy atom. The van der Waals surface area contributed by atoms with Gasteiger partial charge in [-0.3, -0.25) is 14.6 Å². The zero-order chi connectivity index (χ0) is 14.7. The third-order valence-corrected chi connectivity index (χ3v) is 2.33. The standard InChI is InChI=1S/C12H9N5O3/c1-7(18)14-8-4-3-5-9(6-8)17-12(20)15-11(19)10(13-2)16-17/h3-6H,1H3,(H,14,18)(H,15,19,20). The average Bonchev–Trinajstić information content (AvgIpc) is 2.38. The fraction of sp³-hybridized carbons (Fsp3) is 0.0833. The molecule has 0 aliphatic rings. The van der Waals surface area contributed by atoms with E-state index in [0.29, 0.717) is 11.4 Å². The Balaban J connectivity index is 2.57. The normalized spacial score (nSPS) is 9.80. The summed E-state index contributed by atoms with van der Waals surface area (Å²) in [6.07, 6.45) is 0. The Hall–Kier alpha value is -3.21. The van der Waals surface area contributed by atoms with Crippen molar-refractivity contribution in [1.82, 2.24) is 14.8 Å². The Bertz CT molecular complexity index is 828. The van der Waals surface area contributed by atoms with E-state index in [1.165, 1.54) is 13.0 Å². The van der Waals surface area contributed by atoms with Gasteiger partial charge in [-0.2, -0.15) is 0 Å². The lowest BCUT2D eigenvalue weighted by Crippen LogP contribution is -2.30. The highest BCUT2D eigenvalue weighted by Crippen LogP contribution is 2.12. The van der Waals surface area contributed by atoms with E-state index in [1.54, 1.807) is 18.2 Å². The van der Waals surface area contributed by atoms with Crippen molar-refractivity contribution in [2.45, 2.75) is 6.92 Å². The number of H-pyrrole nitrogens is 1. The van der Waals surface area contributed by atoms with Crippen LogP contribution in [0, 0.1) is 6.57 Å². The fourth-order valence-electron chi connectivity index (χ4n) is 1.56. The monoisotopic (exact) mass is 271 g/mol. The van der Waals surface area contributed by atoms with E-state index >= 15 is 0 Å². The molecule has 0 unspecified atom stereocenters. The molecule has 0 aliphatic heterocycles. The molecule has 100 valence electrons. The van der Waals surface area contributed by atoms with E-state index in [4.69, 9.17) is 6.57 Å². The fourth-order valence-corrected chi connectivity index (χ4v) is 1.56. The molecule has 1 heterocycles. The summed E-state index contributed by atoms with van der Waals surface area (Å²) < 4.78 is 0.889.